The molecular formula is C16H14F2N4O2. The monoisotopic (exact) mass is 332 g/mol. The second-order valence-electron chi connectivity index (χ2n) is 4.73. The third kappa shape index (κ3) is 3.43. The lowest BCUT2D eigenvalue weighted by atomic mass is 10.2. The third-order valence-corrected chi connectivity index (χ3v) is 3.20. The highest BCUT2D eigenvalue weighted by Gasteiger charge is 2.14. The first-order valence-electron chi connectivity index (χ1n) is 7.03. The Morgan fingerprint density at radius 2 is 2.04 bits per heavy atom. The standard InChI is InChI=1S/C16H14F2N4O2/c1-23-13-8-4-5-10(14(13)24-15(17)18)9-19-22-16-20-11-6-2-3-7-12(11)21-16/h2-9,15H,1H3,(H2,20,21,22)/b19-9-. The van der Waals surface area contributed by atoms with Gasteiger partial charge in [0, 0.05) is 5.56 Å². The molecule has 0 fully saturated rings. The highest BCUT2D eigenvalue weighted by molar-refractivity contribution is 5.85. The van der Waals surface area contributed by atoms with Gasteiger partial charge in [-0.1, -0.05) is 18.2 Å². The van der Waals surface area contributed by atoms with Crippen LogP contribution in [-0.4, -0.2) is 29.9 Å². The van der Waals surface area contributed by atoms with Gasteiger partial charge >= 0.3 is 6.61 Å². The van der Waals surface area contributed by atoms with Crippen LogP contribution in [0.15, 0.2) is 47.6 Å². The Morgan fingerprint density at radius 1 is 1.21 bits per heavy atom. The van der Waals surface area contributed by atoms with Gasteiger partial charge in [0.25, 0.3) is 0 Å². The molecule has 2 N–H and O–H groups in total. The molecule has 0 radical (unpaired) electrons. The molecule has 0 aliphatic rings. The Morgan fingerprint density at radius 3 is 2.79 bits per heavy atom. The number of para-hydroxylation sites is 3. The van der Waals surface area contributed by atoms with Crippen molar-refractivity contribution < 1.29 is 18.3 Å². The van der Waals surface area contributed by atoms with E-state index < -0.39 is 6.61 Å². The van der Waals surface area contributed by atoms with Gasteiger partial charge in [0.15, 0.2) is 11.5 Å². The molecule has 6 nitrogen and oxygen atoms in total. The van der Waals surface area contributed by atoms with Crippen molar-refractivity contribution in [3.8, 4) is 11.5 Å². The van der Waals surface area contributed by atoms with E-state index in [-0.39, 0.29) is 11.5 Å². The van der Waals surface area contributed by atoms with E-state index >= 15 is 0 Å². The third-order valence-electron chi connectivity index (χ3n) is 3.20. The number of H-pyrrole nitrogens is 1. The van der Waals surface area contributed by atoms with Gasteiger partial charge in [-0.2, -0.15) is 13.9 Å². The van der Waals surface area contributed by atoms with Crippen LogP contribution in [0.1, 0.15) is 5.56 Å². The zero-order valence-electron chi connectivity index (χ0n) is 12.7. The molecule has 3 aromatic rings. The van der Waals surface area contributed by atoms with Gasteiger partial charge in [0.1, 0.15) is 0 Å². The summed E-state index contributed by atoms with van der Waals surface area (Å²) in [6.45, 7) is -2.96. The molecule has 0 atom stereocenters. The number of hydrogen-bond acceptors (Lipinski definition) is 5. The van der Waals surface area contributed by atoms with E-state index in [1.54, 1.807) is 12.1 Å². The van der Waals surface area contributed by atoms with Crippen molar-refractivity contribution in [3.05, 3.63) is 48.0 Å². The summed E-state index contributed by atoms with van der Waals surface area (Å²) in [6.07, 6.45) is 1.35. The van der Waals surface area contributed by atoms with Gasteiger partial charge < -0.3 is 14.5 Å². The molecule has 0 saturated heterocycles. The molecule has 0 amide bonds. The summed E-state index contributed by atoms with van der Waals surface area (Å²) in [7, 11) is 1.38. The second kappa shape index (κ2) is 6.95. The Labute approximate surface area is 136 Å². The van der Waals surface area contributed by atoms with Crippen molar-refractivity contribution in [2.24, 2.45) is 5.10 Å². The van der Waals surface area contributed by atoms with Crippen molar-refractivity contribution in [2.75, 3.05) is 12.5 Å². The van der Waals surface area contributed by atoms with Crippen LogP contribution >= 0.6 is 0 Å². The van der Waals surface area contributed by atoms with Crippen LogP contribution in [0.25, 0.3) is 11.0 Å². The van der Waals surface area contributed by atoms with E-state index in [0.29, 0.717) is 11.5 Å². The van der Waals surface area contributed by atoms with E-state index in [1.165, 1.54) is 19.4 Å². The van der Waals surface area contributed by atoms with Crippen LogP contribution in [0.5, 0.6) is 11.5 Å². The van der Waals surface area contributed by atoms with E-state index in [9.17, 15) is 8.78 Å². The Kier molecular flexibility index (Phi) is 4.55. The molecule has 8 heteroatoms. The second-order valence-corrected chi connectivity index (χ2v) is 4.73. The molecule has 0 aliphatic heterocycles. The summed E-state index contributed by atoms with van der Waals surface area (Å²) in [5, 5.41) is 4.00. The highest BCUT2D eigenvalue weighted by Crippen LogP contribution is 2.31. The molecule has 124 valence electrons. The molecule has 1 aromatic heterocycles. The quantitative estimate of drug-likeness (QED) is 0.534. The minimum atomic E-state index is -2.96. The minimum absolute atomic E-state index is 0.0786. The lowest BCUT2D eigenvalue weighted by molar-refractivity contribution is -0.0513. The number of hydrazone groups is 1. The van der Waals surface area contributed by atoms with Crippen LogP contribution in [0.4, 0.5) is 14.7 Å². The fourth-order valence-corrected chi connectivity index (χ4v) is 2.18. The normalized spacial score (nSPS) is 11.3. The summed E-state index contributed by atoms with van der Waals surface area (Å²) in [5.41, 5.74) is 4.71. The van der Waals surface area contributed by atoms with Crippen molar-refractivity contribution >= 4 is 23.2 Å². The molecule has 0 bridgehead atoms. The zero-order valence-corrected chi connectivity index (χ0v) is 12.7. The topological polar surface area (TPSA) is 71.5 Å². The lowest BCUT2D eigenvalue weighted by Crippen LogP contribution is -2.06. The van der Waals surface area contributed by atoms with Crippen LogP contribution in [0.3, 0.4) is 0 Å². The van der Waals surface area contributed by atoms with Crippen LogP contribution in [-0.2, 0) is 0 Å². The maximum Gasteiger partial charge on any atom is 0.387 e. The summed E-state index contributed by atoms with van der Waals surface area (Å²) in [6, 6.07) is 12.3. The van der Waals surface area contributed by atoms with Crippen molar-refractivity contribution in [1.29, 1.82) is 0 Å². The molecule has 1 heterocycles. The molecule has 0 saturated carbocycles. The Hall–Kier alpha value is -3.16. The number of anilines is 1. The van der Waals surface area contributed by atoms with Crippen LogP contribution < -0.4 is 14.9 Å². The number of halogens is 2. The van der Waals surface area contributed by atoms with Gasteiger partial charge in [0.05, 0.1) is 24.4 Å². The van der Waals surface area contributed by atoms with E-state index in [1.807, 2.05) is 24.3 Å². The number of aromatic nitrogens is 2. The number of aromatic amines is 1. The maximum atomic E-state index is 12.6. The predicted octanol–water partition coefficient (Wildman–Crippen LogP) is 3.62. The first-order chi connectivity index (χ1) is 11.7. The molecular weight excluding hydrogens is 318 g/mol. The number of imidazole rings is 1. The number of fused-ring (bicyclic) bond motifs is 1. The molecule has 0 unspecified atom stereocenters. The lowest BCUT2D eigenvalue weighted by Gasteiger charge is -2.11. The summed E-state index contributed by atoms with van der Waals surface area (Å²) in [5.74, 6) is 0.555. The first kappa shape index (κ1) is 15.7. The SMILES string of the molecule is COc1cccc(/C=N\Nc2nc3ccccc3[nH]2)c1OC(F)F. The minimum Gasteiger partial charge on any atom is -0.493 e. The summed E-state index contributed by atoms with van der Waals surface area (Å²) >= 11 is 0. The fourth-order valence-electron chi connectivity index (χ4n) is 2.18. The van der Waals surface area contributed by atoms with Gasteiger partial charge in [-0.3, -0.25) is 0 Å². The average Bonchev–Trinajstić information content (AvgIpc) is 2.98. The number of hydrogen-bond donors (Lipinski definition) is 2. The van der Waals surface area contributed by atoms with E-state index in [0.717, 1.165) is 11.0 Å². The van der Waals surface area contributed by atoms with Crippen LogP contribution in [0.2, 0.25) is 0 Å². The van der Waals surface area contributed by atoms with Crippen molar-refractivity contribution in [1.82, 2.24) is 9.97 Å². The predicted molar refractivity (Wildman–Crippen MR) is 86.9 cm³/mol. The van der Waals surface area contributed by atoms with E-state index in [4.69, 9.17) is 4.74 Å². The first-order valence-corrected chi connectivity index (χ1v) is 7.03. The summed E-state index contributed by atoms with van der Waals surface area (Å²) in [4.78, 5) is 7.33. The van der Waals surface area contributed by atoms with Gasteiger partial charge in [-0.15, -0.1) is 0 Å². The van der Waals surface area contributed by atoms with Crippen molar-refractivity contribution in [3.63, 3.8) is 0 Å². The molecule has 2 aromatic carbocycles. The van der Waals surface area contributed by atoms with Crippen molar-refractivity contribution in [2.45, 2.75) is 6.61 Å². The number of nitrogens with zero attached hydrogens (tertiary/aromatic N) is 2. The van der Waals surface area contributed by atoms with E-state index in [2.05, 4.69) is 25.2 Å². The molecule has 3 rings (SSSR count). The molecule has 0 spiro atoms. The summed E-state index contributed by atoms with van der Waals surface area (Å²) < 4.78 is 34.7. The molecule has 0 aliphatic carbocycles. The van der Waals surface area contributed by atoms with Gasteiger partial charge in [-0.05, 0) is 24.3 Å². The number of benzene rings is 2. The Bertz CT molecular complexity index is 831. The maximum absolute atomic E-state index is 12.6. The number of alkyl halides is 2. The number of rotatable bonds is 6. The zero-order chi connectivity index (χ0) is 16.9. The van der Waals surface area contributed by atoms with Gasteiger partial charge in [0.2, 0.25) is 5.95 Å². The smallest absolute Gasteiger partial charge is 0.387 e. The Balaban J connectivity index is 1.80. The average molecular weight is 332 g/mol. The largest absolute Gasteiger partial charge is 0.493 e. The van der Waals surface area contributed by atoms with Gasteiger partial charge in [-0.25, -0.2) is 10.4 Å². The number of ether oxygens (including phenoxy) is 2. The highest BCUT2D eigenvalue weighted by atomic mass is 19.3. The number of methoxy groups -OCH3 is 1. The molecule has 24 heavy (non-hydrogen) atoms. The number of nitrogens with one attached hydrogen (secondary N) is 2. The van der Waals surface area contributed by atoms with Crippen LogP contribution in [0, 0.1) is 0 Å². The fraction of sp³-hybridized carbons (Fsp3) is 0.125.